The molecule has 0 amide bonds. The quantitative estimate of drug-likeness (QED) is 0.791. The highest BCUT2D eigenvalue weighted by Crippen LogP contribution is 2.63. The summed E-state index contributed by atoms with van der Waals surface area (Å²) in [6, 6.07) is 14.9. The summed E-state index contributed by atoms with van der Waals surface area (Å²) in [5.41, 5.74) is 1.13. The Labute approximate surface area is 122 Å². The van der Waals surface area contributed by atoms with E-state index in [0.29, 0.717) is 24.2 Å². The van der Waals surface area contributed by atoms with Gasteiger partial charge in [0.15, 0.2) is 0 Å². The zero-order valence-electron chi connectivity index (χ0n) is 11.4. The standard InChI is InChI=1S/C16H15N5/c1-2-4-9(5-3-1)21-12(6-7-17-21)20-15-10-8-11(16(15)20)14-13(10)18-19-14/h1-7,10-11,13-16H,8H2/t10-,11+,13+,14-,15-,16+,20?. The lowest BCUT2D eigenvalue weighted by atomic mass is 9.90. The average molecular weight is 277 g/mol. The Balaban J connectivity index is 1.39. The number of azo groups is 1. The summed E-state index contributed by atoms with van der Waals surface area (Å²) in [5.74, 6) is 2.68. The molecule has 4 aliphatic rings. The van der Waals surface area contributed by atoms with Crippen molar-refractivity contribution in [2.24, 2.45) is 22.1 Å². The molecule has 3 fully saturated rings. The molecule has 21 heavy (non-hydrogen) atoms. The third-order valence-corrected chi connectivity index (χ3v) is 5.77. The van der Waals surface area contributed by atoms with Crippen molar-refractivity contribution in [2.75, 3.05) is 4.90 Å². The second kappa shape index (κ2) is 3.35. The van der Waals surface area contributed by atoms with E-state index in [4.69, 9.17) is 0 Å². The number of fused-ring (bicyclic) bond motifs is 8. The Hall–Kier alpha value is -2.17. The van der Waals surface area contributed by atoms with Gasteiger partial charge in [-0.05, 0) is 18.6 Å². The minimum atomic E-state index is 0.523. The van der Waals surface area contributed by atoms with Gasteiger partial charge >= 0.3 is 0 Å². The van der Waals surface area contributed by atoms with Gasteiger partial charge in [-0.15, -0.1) is 0 Å². The van der Waals surface area contributed by atoms with E-state index in [2.05, 4.69) is 55.2 Å². The molecule has 2 bridgehead atoms. The Bertz CT molecular complexity index is 727. The van der Waals surface area contributed by atoms with E-state index < -0.39 is 0 Å². The Kier molecular flexibility index (Phi) is 1.68. The van der Waals surface area contributed by atoms with Crippen molar-refractivity contribution in [2.45, 2.75) is 30.6 Å². The van der Waals surface area contributed by atoms with Gasteiger partial charge in [0.25, 0.3) is 0 Å². The van der Waals surface area contributed by atoms with Gasteiger partial charge < -0.3 is 4.90 Å². The monoisotopic (exact) mass is 277 g/mol. The summed E-state index contributed by atoms with van der Waals surface area (Å²) in [5, 5.41) is 13.3. The summed E-state index contributed by atoms with van der Waals surface area (Å²) in [4.78, 5) is 2.56. The second-order valence-electron chi connectivity index (χ2n) is 6.60. The van der Waals surface area contributed by atoms with Crippen molar-refractivity contribution < 1.29 is 0 Å². The zero-order chi connectivity index (χ0) is 13.6. The minimum absolute atomic E-state index is 0.523. The number of rotatable bonds is 2. The highest BCUT2D eigenvalue weighted by molar-refractivity contribution is 5.59. The predicted octanol–water partition coefficient (Wildman–Crippen LogP) is 2.28. The molecule has 104 valence electrons. The van der Waals surface area contributed by atoms with Crippen LogP contribution in [-0.2, 0) is 0 Å². The number of nitrogens with zero attached hydrogens (tertiary/aromatic N) is 5. The molecule has 0 N–H and O–H groups in total. The van der Waals surface area contributed by atoms with Crippen molar-refractivity contribution in [3.8, 4) is 5.69 Å². The highest BCUT2D eigenvalue weighted by Gasteiger charge is 2.73. The van der Waals surface area contributed by atoms with Crippen LogP contribution >= 0.6 is 0 Å². The van der Waals surface area contributed by atoms with Crippen molar-refractivity contribution in [1.29, 1.82) is 0 Å². The molecule has 2 aliphatic heterocycles. The topological polar surface area (TPSA) is 45.5 Å². The molecule has 3 heterocycles. The van der Waals surface area contributed by atoms with E-state index >= 15 is 0 Å². The largest absolute Gasteiger partial charge is 0.346 e. The van der Waals surface area contributed by atoms with Crippen LogP contribution in [0.5, 0.6) is 0 Å². The van der Waals surface area contributed by atoms with Gasteiger partial charge in [-0.25, -0.2) is 4.68 Å². The predicted molar refractivity (Wildman–Crippen MR) is 77.6 cm³/mol. The normalized spacial score (nSPS) is 40.9. The summed E-state index contributed by atoms with van der Waals surface area (Å²) < 4.78 is 2.06. The van der Waals surface area contributed by atoms with Crippen LogP contribution in [0, 0.1) is 11.8 Å². The van der Waals surface area contributed by atoms with E-state index in [0.717, 1.165) is 17.5 Å². The van der Waals surface area contributed by atoms with Gasteiger partial charge in [0.2, 0.25) is 0 Å². The summed E-state index contributed by atoms with van der Waals surface area (Å²) >= 11 is 0. The number of para-hydroxylation sites is 1. The third kappa shape index (κ3) is 1.13. The fraction of sp³-hybridized carbons (Fsp3) is 0.438. The Morgan fingerprint density at radius 2 is 1.62 bits per heavy atom. The molecule has 1 saturated heterocycles. The first-order chi connectivity index (χ1) is 10.4. The highest BCUT2D eigenvalue weighted by atomic mass is 15.5. The lowest BCUT2D eigenvalue weighted by Crippen LogP contribution is -2.39. The lowest BCUT2D eigenvalue weighted by molar-refractivity contribution is 0.315. The molecule has 6 atom stereocenters. The third-order valence-electron chi connectivity index (χ3n) is 5.77. The van der Waals surface area contributed by atoms with E-state index in [1.165, 1.54) is 12.2 Å². The number of aromatic nitrogens is 2. The first-order valence-electron chi connectivity index (χ1n) is 7.71. The molecule has 0 radical (unpaired) electrons. The second-order valence-corrected chi connectivity index (χ2v) is 6.60. The van der Waals surface area contributed by atoms with Gasteiger partial charge in [-0.3, -0.25) is 0 Å². The molecule has 5 nitrogen and oxygen atoms in total. The molecule has 6 rings (SSSR count). The van der Waals surface area contributed by atoms with Crippen LogP contribution in [0.1, 0.15) is 6.42 Å². The summed E-state index contributed by atoms with van der Waals surface area (Å²) in [6.45, 7) is 0. The van der Waals surface area contributed by atoms with Gasteiger partial charge in [0.1, 0.15) is 17.9 Å². The maximum absolute atomic E-state index is 4.53. The molecule has 2 aliphatic carbocycles. The van der Waals surface area contributed by atoms with Crippen molar-refractivity contribution in [3.05, 3.63) is 42.6 Å². The number of hydrogen-bond donors (Lipinski definition) is 0. The van der Waals surface area contributed by atoms with E-state index in [9.17, 15) is 0 Å². The fourth-order valence-corrected chi connectivity index (χ4v) is 4.93. The molecular weight excluding hydrogens is 262 g/mol. The summed E-state index contributed by atoms with van der Waals surface area (Å²) in [6.07, 6.45) is 3.23. The minimum Gasteiger partial charge on any atom is -0.346 e. The zero-order valence-corrected chi connectivity index (χ0v) is 11.4. The Morgan fingerprint density at radius 3 is 2.29 bits per heavy atom. The SMILES string of the molecule is c1ccc(-n2nccc2N2[C@@H]3[C@@H]4C[C@@H]([C@H]5N=N[C@@H]45)[C@@H]32)cc1. The molecule has 0 spiro atoms. The number of anilines is 1. The average Bonchev–Trinajstić information content (AvgIpc) is 2.79. The number of benzene rings is 1. The van der Waals surface area contributed by atoms with Gasteiger partial charge in [-0.1, -0.05) is 18.2 Å². The van der Waals surface area contributed by atoms with Crippen LogP contribution in [0.15, 0.2) is 52.8 Å². The van der Waals surface area contributed by atoms with Crippen LogP contribution in [0.25, 0.3) is 5.69 Å². The van der Waals surface area contributed by atoms with E-state index in [1.54, 1.807) is 0 Å². The van der Waals surface area contributed by atoms with Crippen LogP contribution in [-0.4, -0.2) is 33.9 Å². The number of hydrogen-bond acceptors (Lipinski definition) is 4. The summed E-state index contributed by atoms with van der Waals surface area (Å²) in [7, 11) is 0. The van der Waals surface area contributed by atoms with Crippen LogP contribution in [0.4, 0.5) is 5.82 Å². The first kappa shape index (κ1) is 10.5. The smallest absolute Gasteiger partial charge is 0.132 e. The van der Waals surface area contributed by atoms with Crippen molar-refractivity contribution >= 4 is 5.82 Å². The molecule has 0 unspecified atom stereocenters. The molecule has 2 saturated carbocycles. The molecule has 2 aromatic rings. The van der Waals surface area contributed by atoms with E-state index in [1.807, 2.05) is 12.3 Å². The molecule has 1 aromatic carbocycles. The molecule has 5 heteroatoms. The van der Waals surface area contributed by atoms with Crippen LogP contribution in [0.3, 0.4) is 0 Å². The Morgan fingerprint density at radius 1 is 0.905 bits per heavy atom. The van der Waals surface area contributed by atoms with Gasteiger partial charge in [0.05, 0.1) is 24.0 Å². The van der Waals surface area contributed by atoms with Crippen molar-refractivity contribution in [1.82, 2.24) is 9.78 Å². The van der Waals surface area contributed by atoms with Crippen molar-refractivity contribution in [3.63, 3.8) is 0 Å². The van der Waals surface area contributed by atoms with Gasteiger partial charge in [-0.2, -0.15) is 15.3 Å². The molecular formula is C16H15N5. The number of piperidine rings is 1. The van der Waals surface area contributed by atoms with Gasteiger partial charge in [0, 0.05) is 17.9 Å². The molecule has 1 aromatic heterocycles. The van der Waals surface area contributed by atoms with Crippen LogP contribution in [0.2, 0.25) is 0 Å². The van der Waals surface area contributed by atoms with E-state index in [-0.39, 0.29) is 0 Å². The van der Waals surface area contributed by atoms with Crippen LogP contribution < -0.4 is 4.90 Å². The maximum Gasteiger partial charge on any atom is 0.132 e. The maximum atomic E-state index is 4.53. The first-order valence-corrected chi connectivity index (χ1v) is 7.71. The lowest BCUT2D eigenvalue weighted by Gasteiger charge is -2.27. The fourth-order valence-electron chi connectivity index (χ4n) is 4.93.